The van der Waals surface area contributed by atoms with Crippen molar-refractivity contribution in [2.45, 2.75) is 39.3 Å². The summed E-state index contributed by atoms with van der Waals surface area (Å²) < 4.78 is 11.7. The number of aromatic nitrogens is 1. The molecule has 2 aromatic carbocycles. The van der Waals surface area contributed by atoms with Crippen molar-refractivity contribution in [3.8, 4) is 11.1 Å². The first-order valence-electron chi connectivity index (χ1n) is 10.1. The second-order valence-electron chi connectivity index (χ2n) is 8.63. The van der Waals surface area contributed by atoms with E-state index in [1.54, 1.807) is 4.90 Å². The molecule has 3 aromatic rings. The van der Waals surface area contributed by atoms with Crippen LogP contribution in [-0.2, 0) is 4.74 Å². The number of halogens is 1. The number of carbonyl (C=O) groups excluding carboxylic acids is 1. The lowest BCUT2D eigenvalue weighted by molar-refractivity contribution is 0.0216. The number of ether oxygens (including phenoxy) is 1. The maximum absolute atomic E-state index is 12.4. The molecule has 0 radical (unpaired) electrons. The van der Waals surface area contributed by atoms with Gasteiger partial charge >= 0.3 is 6.09 Å². The van der Waals surface area contributed by atoms with Crippen molar-refractivity contribution in [2.24, 2.45) is 0 Å². The summed E-state index contributed by atoms with van der Waals surface area (Å²) in [4.78, 5) is 20.9. The van der Waals surface area contributed by atoms with E-state index in [9.17, 15) is 4.79 Å². The third kappa shape index (κ3) is 4.24. The van der Waals surface area contributed by atoms with E-state index in [4.69, 9.17) is 25.7 Å². The Balaban J connectivity index is 1.60. The molecule has 0 N–H and O–H groups in total. The Morgan fingerprint density at radius 2 is 1.93 bits per heavy atom. The maximum Gasteiger partial charge on any atom is 0.410 e. The molecular formula is C23H26ClN3O3. The molecule has 158 valence electrons. The van der Waals surface area contributed by atoms with Gasteiger partial charge in [-0.3, -0.25) is 0 Å². The van der Waals surface area contributed by atoms with Crippen LogP contribution in [0.3, 0.4) is 0 Å². The molecule has 7 heteroatoms. The second kappa shape index (κ2) is 7.84. The molecule has 1 saturated heterocycles. The van der Waals surface area contributed by atoms with Crippen molar-refractivity contribution in [3.63, 3.8) is 0 Å². The number of oxazole rings is 1. The predicted molar refractivity (Wildman–Crippen MR) is 119 cm³/mol. The standard InChI is InChI=1S/C23H26ClN3O3/c1-15-14-26(22(28)30-23(2,3)4)10-11-27(15)21-25-19-13-17(24)12-18(20(19)29-21)16-8-6-5-7-9-16/h5-9,12-13,15H,10-11,14H2,1-4H3/t15-/m0/s1. The number of anilines is 1. The van der Waals surface area contributed by atoms with Crippen LogP contribution in [0.25, 0.3) is 22.2 Å². The first kappa shape index (κ1) is 20.5. The van der Waals surface area contributed by atoms with Gasteiger partial charge < -0.3 is 19.0 Å². The number of piperazine rings is 1. The minimum Gasteiger partial charge on any atom is -0.444 e. The summed E-state index contributed by atoms with van der Waals surface area (Å²) in [6.45, 7) is 9.37. The number of benzene rings is 2. The van der Waals surface area contributed by atoms with Crippen molar-refractivity contribution in [1.29, 1.82) is 0 Å². The molecule has 6 nitrogen and oxygen atoms in total. The van der Waals surface area contributed by atoms with E-state index in [1.165, 1.54) is 0 Å². The van der Waals surface area contributed by atoms with Gasteiger partial charge in [0, 0.05) is 36.3 Å². The Morgan fingerprint density at radius 3 is 2.60 bits per heavy atom. The molecule has 1 atom stereocenters. The number of amides is 1. The largest absolute Gasteiger partial charge is 0.444 e. The van der Waals surface area contributed by atoms with E-state index in [1.807, 2.05) is 63.2 Å². The Kier molecular flexibility index (Phi) is 5.36. The van der Waals surface area contributed by atoms with Crippen LogP contribution in [0, 0.1) is 0 Å². The van der Waals surface area contributed by atoms with E-state index < -0.39 is 5.60 Å². The molecule has 0 saturated carbocycles. The zero-order valence-corrected chi connectivity index (χ0v) is 18.4. The lowest BCUT2D eigenvalue weighted by atomic mass is 10.1. The minimum absolute atomic E-state index is 0.0370. The first-order valence-corrected chi connectivity index (χ1v) is 10.5. The van der Waals surface area contributed by atoms with Crippen molar-refractivity contribution >= 4 is 34.8 Å². The maximum atomic E-state index is 12.4. The van der Waals surface area contributed by atoms with Crippen molar-refractivity contribution < 1.29 is 13.9 Å². The lowest BCUT2D eigenvalue weighted by Gasteiger charge is -2.39. The van der Waals surface area contributed by atoms with Gasteiger partial charge in [-0.2, -0.15) is 4.98 Å². The van der Waals surface area contributed by atoms with E-state index >= 15 is 0 Å². The molecule has 4 rings (SSSR count). The molecule has 0 aliphatic carbocycles. The fourth-order valence-corrected chi connectivity index (χ4v) is 3.89. The third-order valence-electron chi connectivity index (χ3n) is 5.05. The highest BCUT2D eigenvalue weighted by molar-refractivity contribution is 6.31. The fourth-order valence-electron chi connectivity index (χ4n) is 3.68. The molecule has 0 bridgehead atoms. The normalized spacial score (nSPS) is 17.4. The van der Waals surface area contributed by atoms with Gasteiger partial charge in [0.05, 0.1) is 0 Å². The summed E-state index contributed by atoms with van der Waals surface area (Å²) in [6.07, 6.45) is -0.287. The van der Waals surface area contributed by atoms with E-state index in [-0.39, 0.29) is 12.1 Å². The molecule has 1 aliphatic rings. The monoisotopic (exact) mass is 427 g/mol. The summed E-state index contributed by atoms with van der Waals surface area (Å²) in [5.41, 5.74) is 2.86. The van der Waals surface area contributed by atoms with Gasteiger partial charge in [0.2, 0.25) is 0 Å². The minimum atomic E-state index is -0.509. The predicted octanol–water partition coefficient (Wildman–Crippen LogP) is 5.59. The molecule has 1 aromatic heterocycles. The Hall–Kier alpha value is -2.73. The van der Waals surface area contributed by atoms with Gasteiger partial charge in [-0.25, -0.2) is 4.79 Å². The van der Waals surface area contributed by atoms with Gasteiger partial charge in [-0.05, 0) is 45.4 Å². The van der Waals surface area contributed by atoms with Gasteiger partial charge in [0.25, 0.3) is 6.01 Å². The highest BCUT2D eigenvalue weighted by Gasteiger charge is 2.32. The molecule has 0 spiro atoms. The van der Waals surface area contributed by atoms with Crippen LogP contribution in [0.4, 0.5) is 10.8 Å². The molecular weight excluding hydrogens is 402 g/mol. The zero-order valence-electron chi connectivity index (χ0n) is 17.7. The lowest BCUT2D eigenvalue weighted by Crippen LogP contribution is -2.54. The summed E-state index contributed by atoms with van der Waals surface area (Å²) in [6, 6.07) is 14.3. The van der Waals surface area contributed by atoms with Crippen LogP contribution in [0.1, 0.15) is 27.7 Å². The fraction of sp³-hybridized carbons (Fsp3) is 0.391. The van der Waals surface area contributed by atoms with Gasteiger partial charge in [0.1, 0.15) is 11.1 Å². The number of fused-ring (bicyclic) bond motifs is 1. The van der Waals surface area contributed by atoms with E-state index in [0.717, 1.165) is 16.6 Å². The SMILES string of the molecule is C[C@H]1CN(C(=O)OC(C)(C)C)CCN1c1nc2cc(Cl)cc(-c3ccccc3)c2o1. The summed E-state index contributed by atoms with van der Waals surface area (Å²) in [5.74, 6) is 0. The van der Waals surface area contributed by atoms with Crippen LogP contribution in [0.15, 0.2) is 46.9 Å². The summed E-state index contributed by atoms with van der Waals surface area (Å²) >= 11 is 6.35. The average molecular weight is 428 g/mol. The van der Waals surface area contributed by atoms with Crippen molar-refractivity contribution in [3.05, 3.63) is 47.5 Å². The van der Waals surface area contributed by atoms with Crippen molar-refractivity contribution in [2.75, 3.05) is 24.5 Å². The number of carbonyl (C=O) groups is 1. The van der Waals surface area contributed by atoms with Gasteiger partial charge in [-0.15, -0.1) is 0 Å². The van der Waals surface area contributed by atoms with Crippen LogP contribution in [0.2, 0.25) is 5.02 Å². The Labute approximate surface area is 181 Å². The molecule has 1 aliphatic heterocycles. The zero-order chi connectivity index (χ0) is 21.5. The summed E-state index contributed by atoms with van der Waals surface area (Å²) in [7, 11) is 0. The highest BCUT2D eigenvalue weighted by atomic mass is 35.5. The van der Waals surface area contributed by atoms with Crippen LogP contribution in [0.5, 0.6) is 0 Å². The number of hydrogen-bond acceptors (Lipinski definition) is 5. The van der Waals surface area contributed by atoms with Gasteiger partial charge in [-0.1, -0.05) is 41.9 Å². The molecule has 2 heterocycles. The quantitative estimate of drug-likeness (QED) is 0.533. The van der Waals surface area contributed by atoms with Crippen LogP contribution in [-0.4, -0.2) is 47.3 Å². The smallest absolute Gasteiger partial charge is 0.410 e. The topological polar surface area (TPSA) is 58.8 Å². The average Bonchev–Trinajstić information content (AvgIpc) is 3.10. The molecule has 30 heavy (non-hydrogen) atoms. The van der Waals surface area contributed by atoms with Crippen LogP contribution < -0.4 is 4.90 Å². The molecule has 1 fully saturated rings. The highest BCUT2D eigenvalue weighted by Crippen LogP contribution is 2.35. The van der Waals surface area contributed by atoms with E-state index in [0.29, 0.717) is 36.3 Å². The molecule has 1 amide bonds. The van der Waals surface area contributed by atoms with E-state index in [2.05, 4.69) is 11.8 Å². The van der Waals surface area contributed by atoms with Crippen molar-refractivity contribution in [1.82, 2.24) is 9.88 Å². The second-order valence-corrected chi connectivity index (χ2v) is 9.07. The first-order chi connectivity index (χ1) is 14.2. The number of rotatable bonds is 2. The number of hydrogen-bond donors (Lipinski definition) is 0. The summed E-state index contributed by atoms with van der Waals surface area (Å²) in [5, 5.41) is 0.615. The third-order valence-corrected chi connectivity index (χ3v) is 5.27. The van der Waals surface area contributed by atoms with Gasteiger partial charge in [0.15, 0.2) is 5.58 Å². The number of nitrogens with zero attached hydrogens (tertiary/aromatic N) is 3. The Bertz CT molecular complexity index is 1060. The van der Waals surface area contributed by atoms with Crippen LogP contribution >= 0.6 is 11.6 Å². The molecule has 0 unspecified atom stereocenters. The Morgan fingerprint density at radius 1 is 1.20 bits per heavy atom.